The van der Waals surface area contributed by atoms with Gasteiger partial charge in [0.25, 0.3) is 0 Å². The van der Waals surface area contributed by atoms with Crippen molar-refractivity contribution in [3.8, 4) is 0 Å². The molecule has 2 rings (SSSR count). The molecule has 2 heteroatoms. The number of hydrogen-bond acceptors (Lipinski definition) is 2. The summed E-state index contributed by atoms with van der Waals surface area (Å²) in [5, 5.41) is 12.7. The van der Waals surface area contributed by atoms with E-state index in [1.807, 2.05) is 19.1 Å². The lowest BCUT2D eigenvalue weighted by molar-refractivity contribution is 0.196. The Morgan fingerprint density at radius 3 is 2.92 bits per heavy atom. The van der Waals surface area contributed by atoms with Crippen LogP contribution in [0.25, 0.3) is 10.1 Å². The Balaban J connectivity index is 2.46. The zero-order chi connectivity index (χ0) is 9.26. The van der Waals surface area contributed by atoms with E-state index in [-0.39, 0.29) is 6.10 Å². The molecule has 1 aromatic heterocycles. The number of rotatable bonds is 2. The van der Waals surface area contributed by atoms with E-state index in [0.717, 1.165) is 6.42 Å². The minimum absolute atomic E-state index is 0.252. The first-order chi connectivity index (χ1) is 6.27. The van der Waals surface area contributed by atoms with Crippen LogP contribution in [-0.4, -0.2) is 11.2 Å². The van der Waals surface area contributed by atoms with E-state index in [1.54, 1.807) is 11.3 Å². The third kappa shape index (κ3) is 1.74. The summed E-state index contributed by atoms with van der Waals surface area (Å²) in [7, 11) is 0. The molecule has 0 unspecified atom stereocenters. The third-order valence-corrected chi connectivity index (χ3v) is 3.09. The molecule has 0 amide bonds. The van der Waals surface area contributed by atoms with Crippen LogP contribution in [0.3, 0.4) is 0 Å². The lowest BCUT2D eigenvalue weighted by atomic mass is 10.1. The third-order valence-electron chi connectivity index (χ3n) is 2.08. The molecule has 0 spiro atoms. The lowest BCUT2D eigenvalue weighted by Crippen LogP contribution is -2.02. The van der Waals surface area contributed by atoms with E-state index in [9.17, 15) is 5.11 Å². The second-order valence-corrected chi connectivity index (χ2v) is 4.22. The number of benzene rings is 1. The molecule has 2 aromatic rings. The summed E-state index contributed by atoms with van der Waals surface area (Å²) in [6, 6.07) is 8.32. The van der Waals surface area contributed by atoms with E-state index < -0.39 is 0 Å². The molecule has 0 fully saturated rings. The molecule has 1 aromatic carbocycles. The van der Waals surface area contributed by atoms with E-state index in [0.29, 0.717) is 0 Å². The molecule has 68 valence electrons. The number of aliphatic hydroxyl groups excluding tert-OH is 1. The van der Waals surface area contributed by atoms with E-state index >= 15 is 0 Å². The van der Waals surface area contributed by atoms with Crippen molar-refractivity contribution in [3.05, 3.63) is 35.2 Å². The number of aliphatic hydroxyl groups is 1. The van der Waals surface area contributed by atoms with Gasteiger partial charge in [-0.1, -0.05) is 18.2 Å². The number of hydrogen-bond donors (Lipinski definition) is 1. The van der Waals surface area contributed by atoms with Crippen molar-refractivity contribution in [2.45, 2.75) is 19.4 Å². The second-order valence-electron chi connectivity index (χ2n) is 3.31. The highest BCUT2D eigenvalue weighted by atomic mass is 32.1. The van der Waals surface area contributed by atoms with Crippen molar-refractivity contribution in [1.82, 2.24) is 0 Å². The molecule has 0 saturated heterocycles. The molecule has 0 aliphatic rings. The maximum absolute atomic E-state index is 9.29. The molecule has 1 atom stereocenters. The van der Waals surface area contributed by atoms with Gasteiger partial charge in [-0.25, -0.2) is 0 Å². The van der Waals surface area contributed by atoms with Crippen molar-refractivity contribution in [2.75, 3.05) is 0 Å². The normalized spacial score (nSPS) is 13.4. The van der Waals surface area contributed by atoms with Gasteiger partial charge in [0.2, 0.25) is 0 Å². The van der Waals surface area contributed by atoms with Gasteiger partial charge >= 0.3 is 0 Å². The van der Waals surface area contributed by atoms with Gasteiger partial charge < -0.3 is 5.11 Å². The largest absolute Gasteiger partial charge is 0.393 e. The number of thiophene rings is 1. The zero-order valence-electron chi connectivity index (χ0n) is 7.53. The first-order valence-corrected chi connectivity index (χ1v) is 5.28. The molecular weight excluding hydrogens is 180 g/mol. The van der Waals surface area contributed by atoms with Crippen molar-refractivity contribution in [3.63, 3.8) is 0 Å². The lowest BCUT2D eigenvalue weighted by Gasteiger charge is -2.01. The van der Waals surface area contributed by atoms with E-state index in [1.165, 1.54) is 15.6 Å². The SMILES string of the molecule is C[C@H](O)Cc1csc2ccccc12. The Morgan fingerprint density at radius 2 is 2.15 bits per heavy atom. The predicted octanol–water partition coefficient (Wildman–Crippen LogP) is 2.82. The van der Waals surface area contributed by atoms with Crippen LogP contribution < -0.4 is 0 Å². The van der Waals surface area contributed by atoms with Gasteiger partial charge in [0.15, 0.2) is 0 Å². The topological polar surface area (TPSA) is 20.2 Å². The summed E-state index contributed by atoms with van der Waals surface area (Å²) in [5.74, 6) is 0. The Hall–Kier alpha value is -0.860. The van der Waals surface area contributed by atoms with Gasteiger partial charge in [-0.2, -0.15) is 0 Å². The molecule has 0 aliphatic heterocycles. The average Bonchev–Trinajstić information content (AvgIpc) is 2.48. The van der Waals surface area contributed by atoms with Crippen molar-refractivity contribution < 1.29 is 5.11 Å². The Labute approximate surface area is 81.6 Å². The van der Waals surface area contributed by atoms with Crippen molar-refractivity contribution >= 4 is 21.4 Å². The summed E-state index contributed by atoms with van der Waals surface area (Å²) in [6.07, 6.45) is 0.502. The maximum Gasteiger partial charge on any atom is 0.0552 e. The summed E-state index contributed by atoms with van der Waals surface area (Å²) in [4.78, 5) is 0. The smallest absolute Gasteiger partial charge is 0.0552 e. The molecule has 1 nitrogen and oxygen atoms in total. The monoisotopic (exact) mass is 192 g/mol. The van der Waals surface area contributed by atoms with Crippen LogP contribution in [0, 0.1) is 0 Å². The summed E-state index contributed by atoms with van der Waals surface area (Å²) in [5.41, 5.74) is 1.26. The van der Waals surface area contributed by atoms with Gasteiger partial charge in [-0.15, -0.1) is 11.3 Å². The summed E-state index contributed by atoms with van der Waals surface area (Å²) in [6.45, 7) is 1.83. The first-order valence-electron chi connectivity index (χ1n) is 4.40. The highest BCUT2D eigenvalue weighted by Crippen LogP contribution is 2.26. The van der Waals surface area contributed by atoms with Crippen LogP contribution in [0.4, 0.5) is 0 Å². The highest BCUT2D eigenvalue weighted by Gasteiger charge is 2.05. The summed E-state index contributed by atoms with van der Waals surface area (Å²) < 4.78 is 1.30. The standard InChI is InChI=1S/C11H12OS/c1-8(12)6-9-7-13-11-5-3-2-4-10(9)11/h2-5,7-8,12H,6H2,1H3/t8-/m0/s1. The quantitative estimate of drug-likeness (QED) is 0.775. The van der Waals surface area contributed by atoms with Gasteiger partial charge in [-0.3, -0.25) is 0 Å². The van der Waals surface area contributed by atoms with Gasteiger partial charge in [0.1, 0.15) is 0 Å². The Bertz CT molecular complexity index is 403. The fraction of sp³-hybridized carbons (Fsp3) is 0.273. The first kappa shape index (κ1) is 8.73. The van der Waals surface area contributed by atoms with Crippen LogP contribution >= 0.6 is 11.3 Å². The van der Waals surface area contributed by atoms with Crippen molar-refractivity contribution in [2.24, 2.45) is 0 Å². The van der Waals surface area contributed by atoms with Crippen LogP contribution in [0.15, 0.2) is 29.6 Å². The fourth-order valence-corrected chi connectivity index (χ4v) is 2.48. The Kier molecular flexibility index (Phi) is 2.34. The minimum atomic E-state index is -0.252. The maximum atomic E-state index is 9.29. The highest BCUT2D eigenvalue weighted by molar-refractivity contribution is 7.17. The van der Waals surface area contributed by atoms with Crippen molar-refractivity contribution in [1.29, 1.82) is 0 Å². The molecule has 0 radical (unpaired) electrons. The average molecular weight is 192 g/mol. The molecule has 0 aliphatic carbocycles. The molecule has 1 N–H and O–H groups in total. The van der Waals surface area contributed by atoms with Crippen LogP contribution in [0.1, 0.15) is 12.5 Å². The van der Waals surface area contributed by atoms with Gasteiger partial charge in [-0.05, 0) is 35.7 Å². The zero-order valence-corrected chi connectivity index (χ0v) is 8.34. The van der Waals surface area contributed by atoms with Crippen LogP contribution in [0.2, 0.25) is 0 Å². The number of fused-ring (bicyclic) bond motifs is 1. The molecule has 13 heavy (non-hydrogen) atoms. The predicted molar refractivity (Wildman–Crippen MR) is 57.2 cm³/mol. The van der Waals surface area contributed by atoms with E-state index in [4.69, 9.17) is 0 Å². The Morgan fingerprint density at radius 1 is 1.38 bits per heavy atom. The van der Waals surface area contributed by atoms with E-state index in [2.05, 4.69) is 17.5 Å². The molecular formula is C11H12OS. The molecule has 0 bridgehead atoms. The van der Waals surface area contributed by atoms with Gasteiger partial charge in [0.05, 0.1) is 6.10 Å². The fourth-order valence-electron chi connectivity index (χ4n) is 1.51. The summed E-state index contributed by atoms with van der Waals surface area (Å²) >= 11 is 1.74. The molecule has 0 saturated carbocycles. The van der Waals surface area contributed by atoms with Crippen LogP contribution in [-0.2, 0) is 6.42 Å². The molecule has 1 heterocycles. The van der Waals surface area contributed by atoms with Crippen LogP contribution in [0.5, 0.6) is 0 Å². The van der Waals surface area contributed by atoms with Gasteiger partial charge in [0, 0.05) is 4.70 Å². The minimum Gasteiger partial charge on any atom is -0.393 e. The second kappa shape index (κ2) is 3.48.